The number of benzene rings is 1. The van der Waals surface area contributed by atoms with Crippen LogP contribution in [0.15, 0.2) is 23.2 Å². The topological polar surface area (TPSA) is 41.8 Å². The van der Waals surface area contributed by atoms with Crippen LogP contribution in [-0.2, 0) is 0 Å². The van der Waals surface area contributed by atoms with Crippen LogP contribution in [0.3, 0.4) is 0 Å². The third-order valence-electron chi connectivity index (χ3n) is 3.88. The molecule has 1 fully saturated rings. The van der Waals surface area contributed by atoms with E-state index in [2.05, 4.69) is 11.1 Å². The number of aliphatic imine (C=N–C) groups is 1. The van der Waals surface area contributed by atoms with Crippen LogP contribution in [0.5, 0.6) is 5.75 Å². The average molecular weight is 231 g/mol. The molecule has 0 bridgehead atoms. The average Bonchev–Trinajstić information content (AvgIpc) is 2.37. The molecule has 1 aliphatic heterocycles. The molecule has 1 aliphatic carbocycles. The summed E-state index contributed by atoms with van der Waals surface area (Å²) in [5, 5.41) is 9.80. The standard InChI is InChI=1S/C14H17NO2/c1-17-11-3-4-12-9(6-11)8-15-14-5-2-10(16)7-13(12)14/h3-4,6,8,10,13-14,16H,2,5,7H2,1H3. The summed E-state index contributed by atoms with van der Waals surface area (Å²) >= 11 is 0. The van der Waals surface area contributed by atoms with Crippen LogP contribution < -0.4 is 4.74 Å². The molecule has 0 aromatic heterocycles. The van der Waals surface area contributed by atoms with Gasteiger partial charge in [-0.1, -0.05) is 6.07 Å². The predicted octanol–water partition coefficient (Wildman–Crippen LogP) is 2.12. The van der Waals surface area contributed by atoms with Crippen molar-refractivity contribution in [3.05, 3.63) is 29.3 Å². The summed E-state index contributed by atoms with van der Waals surface area (Å²) in [6, 6.07) is 6.50. The second-order valence-corrected chi connectivity index (χ2v) is 4.91. The predicted molar refractivity (Wildman–Crippen MR) is 67.0 cm³/mol. The van der Waals surface area contributed by atoms with Gasteiger partial charge < -0.3 is 9.84 Å². The molecule has 1 aromatic carbocycles. The van der Waals surface area contributed by atoms with Crippen LogP contribution in [0.25, 0.3) is 0 Å². The van der Waals surface area contributed by atoms with E-state index in [1.165, 1.54) is 5.56 Å². The molecule has 1 heterocycles. The summed E-state index contributed by atoms with van der Waals surface area (Å²) in [4.78, 5) is 4.61. The monoisotopic (exact) mass is 231 g/mol. The molecule has 1 aromatic rings. The van der Waals surface area contributed by atoms with E-state index in [9.17, 15) is 5.11 Å². The van der Waals surface area contributed by atoms with Gasteiger partial charge in [-0.15, -0.1) is 0 Å². The Bertz CT molecular complexity index is 456. The second kappa shape index (κ2) is 4.15. The van der Waals surface area contributed by atoms with Crippen LogP contribution in [0.4, 0.5) is 0 Å². The third kappa shape index (κ3) is 1.84. The van der Waals surface area contributed by atoms with Gasteiger partial charge in [0.2, 0.25) is 0 Å². The van der Waals surface area contributed by atoms with E-state index in [1.54, 1.807) is 7.11 Å². The number of methoxy groups -OCH3 is 1. The van der Waals surface area contributed by atoms with Crippen molar-refractivity contribution in [1.82, 2.24) is 0 Å². The molecule has 90 valence electrons. The Hall–Kier alpha value is -1.35. The van der Waals surface area contributed by atoms with E-state index in [4.69, 9.17) is 4.74 Å². The van der Waals surface area contributed by atoms with Gasteiger partial charge in [0.15, 0.2) is 0 Å². The first-order valence-corrected chi connectivity index (χ1v) is 6.17. The zero-order valence-electron chi connectivity index (χ0n) is 9.97. The molecule has 0 radical (unpaired) electrons. The maximum absolute atomic E-state index is 9.80. The lowest BCUT2D eigenvalue weighted by atomic mass is 9.76. The van der Waals surface area contributed by atoms with Crippen molar-refractivity contribution in [2.24, 2.45) is 4.99 Å². The molecule has 1 N–H and O–H groups in total. The van der Waals surface area contributed by atoms with Gasteiger partial charge >= 0.3 is 0 Å². The number of rotatable bonds is 1. The largest absolute Gasteiger partial charge is 0.497 e. The summed E-state index contributed by atoms with van der Waals surface area (Å²) in [6.07, 6.45) is 4.50. The Kier molecular flexibility index (Phi) is 2.63. The molecule has 3 atom stereocenters. The molecule has 3 unspecified atom stereocenters. The minimum Gasteiger partial charge on any atom is -0.497 e. The van der Waals surface area contributed by atoms with Crippen molar-refractivity contribution in [3.63, 3.8) is 0 Å². The normalized spacial score (nSPS) is 30.6. The maximum atomic E-state index is 9.80. The number of aliphatic hydroxyl groups excluding tert-OH is 1. The first-order valence-electron chi connectivity index (χ1n) is 6.17. The fourth-order valence-electron chi connectivity index (χ4n) is 2.95. The van der Waals surface area contributed by atoms with Crippen LogP contribution >= 0.6 is 0 Å². The molecule has 3 rings (SSSR count). The van der Waals surface area contributed by atoms with Crippen molar-refractivity contribution in [2.75, 3.05) is 7.11 Å². The molecular formula is C14H17NO2. The Morgan fingerprint density at radius 2 is 2.24 bits per heavy atom. The van der Waals surface area contributed by atoms with E-state index < -0.39 is 0 Å². The van der Waals surface area contributed by atoms with Crippen molar-refractivity contribution in [1.29, 1.82) is 0 Å². The highest BCUT2D eigenvalue weighted by molar-refractivity contribution is 5.84. The van der Waals surface area contributed by atoms with Gasteiger partial charge in [0.1, 0.15) is 5.75 Å². The van der Waals surface area contributed by atoms with Gasteiger partial charge in [0, 0.05) is 12.1 Å². The maximum Gasteiger partial charge on any atom is 0.119 e. The SMILES string of the molecule is COc1ccc2c(c1)C=NC1CCC(O)CC21. The van der Waals surface area contributed by atoms with Gasteiger partial charge in [-0.25, -0.2) is 0 Å². The van der Waals surface area contributed by atoms with Gasteiger partial charge in [0.05, 0.1) is 19.3 Å². The smallest absolute Gasteiger partial charge is 0.119 e. The summed E-state index contributed by atoms with van der Waals surface area (Å²) < 4.78 is 5.23. The first kappa shape index (κ1) is 10.8. The molecule has 0 saturated heterocycles. The summed E-state index contributed by atoms with van der Waals surface area (Å²) in [5.74, 6) is 1.25. The van der Waals surface area contributed by atoms with E-state index in [0.717, 1.165) is 30.6 Å². The number of aliphatic hydroxyl groups is 1. The zero-order valence-corrected chi connectivity index (χ0v) is 9.97. The van der Waals surface area contributed by atoms with Gasteiger partial charge in [0.25, 0.3) is 0 Å². The Morgan fingerprint density at radius 3 is 3.06 bits per heavy atom. The van der Waals surface area contributed by atoms with Gasteiger partial charge in [-0.3, -0.25) is 4.99 Å². The highest BCUT2D eigenvalue weighted by Gasteiger charge is 2.33. The zero-order chi connectivity index (χ0) is 11.8. The lowest BCUT2D eigenvalue weighted by Gasteiger charge is -2.35. The fraction of sp³-hybridized carbons (Fsp3) is 0.500. The van der Waals surface area contributed by atoms with E-state index in [0.29, 0.717) is 12.0 Å². The molecule has 2 aliphatic rings. The molecule has 17 heavy (non-hydrogen) atoms. The molecule has 0 spiro atoms. The van der Waals surface area contributed by atoms with Crippen molar-refractivity contribution >= 4 is 6.21 Å². The van der Waals surface area contributed by atoms with Crippen molar-refractivity contribution in [2.45, 2.75) is 37.3 Å². The number of fused-ring (bicyclic) bond motifs is 3. The minimum absolute atomic E-state index is 0.167. The summed E-state index contributed by atoms with van der Waals surface area (Å²) in [7, 11) is 1.68. The first-order chi connectivity index (χ1) is 8.28. The summed E-state index contributed by atoms with van der Waals surface area (Å²) in [6.45, 7) is 0. The molecule has 3 nitrogen and oxygen atoms in total. The van der Waals surface area contributed by atoms with Crippen LogP contribution in [-0.4, -0.2) is 30.6 Å². The summed E-state index contributed by atoms with van der Waals surface area (Å²) in [5.41, 5.74) is 2.45. The fourth-order valence-corrected chi connectivity index (χ4v) is 2.95. The van der Waals surface area contributed by atoms with Gasteiger partial charge in [-0.05, 0) is 42.5 Å². The second-order valence-electron chi connectivity index (χ2n) is 4.91. The van der Waals surface area contributed by atoms with E-state index in [1.807, 2.05) is 18.3 Å². The number of hydrogen-bond donors (Lipinski definition) is 1. The molecule has 0 amide bonds. The van der Waals surface area contributed by atoms with Crippen molar-refractivity contribution in [3.8, 4) is 5.75 Å². The lowest BCUT2D eigenvalue weighted by Crippen LogP contribution is -2.31. The minimum atomic E-state index is -0.167. The number of ether oxygens (including phenoxy) is 1. The Labute approximate surface area is 101 Å². The third-order valence-corrected chi connectivity index (χ3v) is 3.88. The molecular weight excluding hydrogens is 214 g/mol. The van der Waals surface area contributed by atoms with E-state index >= 15 is 0 Å². The number of hydrogen-bond acceptors (Lipinski definition) is 3. The Balaban J connectivity index is 1.99. The highest BCUT2D eigenvalue weighted by atomic mass is 16.5. The molecule has 1 saturated carbocycles. The Morgan fingerprint density at radius 1 is 1.35 bits per heavy atom. The quantitative estimate of drug-likeness (QED) is 0.804. The molecule has 3 heteroatoms. The van der Waals surface area contributed by atoms with Crippen LogP contribution in [0.1, 0.15) is 36.3 Å². The van der Waals surface area contributed by atoms with Crippen LogP contribution in [0.2, 0.25) is 0 Å². The van der Waals surface area contributed by atoms with Crippen molar-refractivity contribution < 1.29 is 9.84 Å². The van der Waals surface area contributed by atoms with E-state index in [-0.39, 0.29) is 6.10 Å². The number of nitrogens with zero attached hydrogens (tertiary/aromatic N) is 1. The van der Waals surface area contributed by atoms with Gasteiger partial charge in [-0.2, -0.15) is 0 Å². The lowest BCUT2D eigenvalue weighted by molar-refractivity contribution is 0.111. The van der Waals surface area contributed by atoms with Crippen LogP contribution in [0, 0.1) is 0 Å². The highest BCUT2D eigenvalue weighted by Crippen LogP contribution is 2.39.